The minimum Gasteiger partial charge on any atom is -0.305 e. The average Bonchev–Trinajstić information content (AvgIpc) is 3.46. The molecule has 1 fully saturated rings. The molecule has 0 bridgehead atoms. The van der Waals surface area contributed by atoms with E-state index in [1.807, 2.05) is 0 Å². The fourth-order valence-corrected chi connectivity index (χ4v) is 5.08. The molecular formula is C21H19ClN4O7S2. The summed E-state index contributed by atoms with van der Waals surface area (Å²) < 4.78 is 24.0. The van der Waals surface area contributed by atoms with Gasteiger partial charge in [-0.1, -0.05) is 22.9 Å². The molecule has 0 spiro atoms. The van der Waals surface area contributed by atoms with Gasteiger partial charge in [-0.15, -0.1) is 0 Å². The molecule has 2 N–H and O–H groups in total. The zero-order valence-electron chi connectivity index (χ0n) is 18.2. The molecule has 4 rings (SSSR count). The maximum absolute atomic E-state index is 12.6. The van der Waals surface area contributed by atoms with Gasteiger partial charge < -0.3 is 4.90 Å². The van der Waals surface area contributed by atoms with Crippen LogP contribution in [0, 0.1) is 0 Å². The molecule has 0 radical (unpaired) electrons. The highest BCUT2D eigenvalue weighted by Gasteiger charge is 2.21. The van der Waals surface area contributed by atoms with Crippen LogP contribution in [0.15, 0.2) is 41.3 Å². The first-order valence-corrected chi connectivity index (χ1v) is 13.3. The number of aromatic nitrogens is 1. The van der Waals surface area contributed by atoms with E-state index in [9.17, 15) is 22.8 Å². The first-order valence-electron chi connectivity index (χ1n) is 10.3. The van der Waals surface area contributed by atoms with Gasteiger partial charge in [0.15, 0.2) is 20.7 Å². The van der Waals surface area contributed by atoms with Gasteiger partial charge in [-0.05, 0) is 49.2 Å². The number of hydrogen-bond acceptors (Lipinski definition) is 9. The molecule has 0 atom stereocenters. The first-order chi connectivity index (χ1) is 16.6. The lowest BCUT2D eigenvalue weighted by Gasteiger charge is -2.14. The molecule has 2 aromatic carbocycles. The number of fused-ring (bicyclic) bond motifs is 1. The lowest BCUT2D eigenvalue weighted by atomic mass is 10.2. The number of nitrogens with zero attached hydrogens (tertiary/aromatic N) is 2. The van der Waals surface area contributed by atoms with Crippen LogP contribution < -0.4 is 15.5 Å². The number of likely N-dealkylation sites (tertiary alicyclic amines) is 1. The number of sulfone groups is 1. The molecule has 0 saturated carbocycles. The number of halogens is 1. The van der Waals surface area contributed by atoms with Gasteiger partial charge in [-0.3, -0.25) is 20.3 Å². The summed E-state index contributed by atoms with van der Waals surface area (Å²) >= 11 is 7.13. The van der Waals surface area contributed by atoms with E-state index in [0.717, 1.165) is 30.4 Å². The Kier molecular flexibility index (Phi) is 7.10. The van der Waals surface area contributed by atoms with Crippen LogP contribution in [-0.4, -0.2) is 55.7 Å². The molecule has 0 unspecified atom stereocenters. The predicted octanol–water partition coefficient (Wildman–Crippen LogP) is 3.84. The number of imide groups is 1. The molecule has 1 saturated heterocycles. The van der Waals surface area contributed by atoms with Crippen molar-refractivity contribution in [1.29, 1.82) is 0 Å². The van der Waals surface area contributed by atoms with Gasteiger partial charge >= 0.3 is 12.1 Å². The van der Waals surface area contributed by atoms with Gasteiger partial charge in [0.2, 0.25) is 0 Å². The van der Waals surface area contributed by atoms with Crippen molar-refractivity contribution in [2.24, 2.45) is 0 Å². The molecule has 35 heavy (non-hydrogen) atoms. The predicted molar refractivity (Wildman–Crippen MR) is 129 cm³/mol. The number of amides is 4. The van der Waals surface area contributed by atoms with Crippen molar-refractivity contribution in [3.63, 3.8) is 0 Å². The normalized spacial score (nSPS) is 13.5. The fourth-order valence-electron chi connectivity index (χ4n) is 3.25. The van der Waals surface area contributed by atoms with Crippen LogP contribution in [0.3, 0.4) is 0 Å². The number of hydrogen-bond donors (Lipinski definition) is 2. The summed E-state index contributed by atoms with van der Waals surface area (Å²) in [5.74, 6) is -0.787. The molecule has 1 aromatic heterocycles. The van der Waals surface area contributed by atoms with E-state index in [-0.39, 0.29) is 26.4 Å². The van der Waals surface area contributed by atoms with E-state index in [1.54, 1.807) is 0 Å². The minimum atomic E-state index is -3.39. The molecule has 11 nitrogen and oxygen atoms in total. The van der Waals surface area contributed by atoms with Crippen LogP contribution in [-0.2, 0) is 14.7 Å². The minimum absolute atomic E-state index is 0.0420. The second kappa shape index (κ2) is 10.1. The summed E-state index contributed by atoms with van der Waals surface area (Å²) in [5, 5.41) is 4.77. The van der Waals surface area contributed by atoms with Gasteiger partial charge in [0, 0.05) is 19.3 Å². The number of rotatable bonds is 5. The number of carbonyl (C=O) groups excluding carboxylic acids is 3. The molecule has 3 aromatic rings. The standard InChI is InChI=1S/C21H19ClN4O7S2/c1-35(30,31)13-5-7-16-17(11-13)34-20(23-16)25-19(28)24-18(27)14-10-12(4-6-15(14)22)32-33-21(29)26-8-2-3-9-26/h4-7,10-11H,2-3,8-9H2,1H3,(H2,23,24,25,27,28). The lowest BCUT2D eigenvalue weighted by molar-refractivity contribution is -0.152. The smallest absolute Gasteiger partial charge is 0.305 e. The Hall–Kier alpha value is -3.42. The molecule has 2 heterocycles. The van der Waals surface area contributed by atoms with Gasteiger partial charge in [-0.25, -0.2) is 27.9 Å². The Labute approximate surface area is 208 Å². The molecule has 4 amide bonds. The second-order valence-corrected chi connectivity index (χ2v) is 11.1. The first kappa shape index (κ1) is 24.7. The average molecular weight is 539 g/mol. The highest BCUT2D eigenvalue weighted by atomic mass is 35.5. The van der Waals surface area contributed by atoms with Gasteiger partial charge in [-0.2, -0.15) is 0 Å². The van der Waals surface area contributed by atoms with Crippen molar-refractivity contribution < 1.29 is 32.6 Å². The number of carbonyl (C=O) groups is 3. The Balaban J connectivity index is 1.39. The molecule has 1 aliphatic heterocycles. The van der Waals surface area contributed by atoms with Crippen LogP contribution in [0.1, 0.15) is 23.2 Å². The largest absolute Gasteiger partial charge is 0.452 e. The van der Waals surface area contributed by atoms with Gasteiger partial charge in [0.1, 0.15) is 0 Å². The quantitative estimate of drug-likeness (QED) is 0.368. The number of anilines is 1. The van der Waals surface area contributed by atoms with Crippen LogP contribution in [0.25, 0.3) is 10.2 Å². The van der Waals surface area contributed by atoms with E-state index >= 15 is 0 Å². The molecule has 14 heteroatoms. The summed E-state index contributed by atoms with van der Waals surface area (Å²) in [6.07, 6.45) is 2.24. The summed E-state index contributed by atoms with van der Waals surface area (Å²) in [5.41, 5.74) is 0.402. The number of urea groups is 1. The molecule has 0 aliphatic carbocycles. The number of nitrogens with one attached hydrogen (secondary N) is 2. The van der Waals surface area contributed by atoms with Crippen LogP contribution in [0.4, 0.5) is 14.7 Å². The molecular weight excluding hydrogens is 520 g/mol. The number of benzene rings is 2. The third-order valence-corrected chi connectivity index (χ3v) is 7.36. The third-order valence-electron chi connectivity index (χ3n) is 4.99. The van der Waals surface area contributed by atoms with Crippen LogP contribution in [0.2, 0.25) is 5.02 Å². The second-order valence-electron chi connectivity index (χ2n) is 7.60. The van der Waals surface area contributed by atoms with Gasteiger partial charge in [0.25, 0.3) is 5.91 Å². The molecule has 1 aliphatic rings. The third kappa shape index (κ3) is 5.99. The van der Waals surface area contributed by atoms with Crippen molar-refractivity contribution in [2.75, 3.05) is 24.7 Å². The Bertz CT molecular complexity index is 1420. The number of thiazole rings is 1. The molecule has 184 valence electrons. The topological polar surface area (TPSA) is 144 Å². The van der Waals surface area contributed by atoms with Crippen molar-refractivity contribution in [2.45, 2.75) is 17.7 Å². The summed E-state index contributed by atoms with van der Waals surface area (Å²) in [4.78, 5) is 52.5. The highest BCUT2D eigenvalue weighted by molar-refractivity contribution is 7.90. The maximum Gasteiger partial charge on any atom is 0.452 e. The summed E-state index contributed by atoms with van der Waals surface area (Å²) in [6.45, 7) is 1.16. The van der Waals surface area contributed by atoms with Crippen LogP contribution in [0.5, 0.6) is 5.75 Å². The lowest BCUT2D eigenvalue weighted by Crippen LogP contribution is -2.34. The van der Waals surface area contributed by atoms with E-state index in [4.69, 9.17) is 21.4 Å². The fraction of sp³-hybridized carbons (Fsp3) is 0.238. The van der Waals surface area contributed by atoms with E-state index < -0.39 is 27.9 Å². The van der Waals surface area contributed by atoms with E-state index in [0.29, 0.717) is 23.3 Å². The van der Waals surface area contributed by atoms with Crippen molar-refractivity contribution in [1.82, 2.24) is 15.2 Å². The van der Waals surface area contributed by atoms with E-state index in [2.05, 4.69) is 15.6 Å². The van der Waals surface area contributed by atoms with Crippen molar-refractivity contribution >= 4 is 66.2 Å². The Morgan fingerprint density at radius 2 is 1.86 bits per heavy atom. The SMILES string of the molecule is CS(=O)(=O)c1ccc2nc(NC(=O)NC(=O)c3cc(OOC(=O)N4CCCC4)ccc3Cl)sc2c1. The Morgan fingerprint density at radius 3 is 2.57 bits per heavy atom. The maximum atomic E-state index is 12.6. The van der Waals surface area contributed by atoms with E-state index in [1.165, 1.54) is 41.3 Å². The monoisotopic (exact) mass is 538 g/mol. The zero-order chi connectivity index (χ0) is 25.2. The summed E-state index contributed by atoms with van der Waals surface area (Å²) in [6, 6.07) is 7.52. The van der Waals surface area contributed by atoms with Crippen LogP contribution >= 0.6 is 22.9 Å². The van der Waals surface area contributed by atoms with Gasteiger partial charge in [0.05, 0.1) is 25.7 Å². The summed E-state index contributed by atoms with van der Waals surface area (Å²) in [7, 11) is -3.39. The Morgan fingerprint density at radius 1 is 1.11 bits per heavy atom. The highest BCUT2D eigenvalue weighted by Crippen LogP contribution is 2.28. The van der Waals surface area contributed by atoms with Crippen molar-refractivity contribution in [3.8, 4) is 5.75 Å². The van der Waals surface area contributed by atoms with Crippen molar-refractivity contribution in [3.05, 3.63) is 47.0 Å². The zero-order valence-corrected chi connectivity index (χ0v) is 20.6.